The third-order valence-electron chi connectivity index (χ3n) is 3.98. The van der Waals surface area contributed by atoms with Crippen LogP contribution in [0.5, 0.6) is 0 Å². The highest BCUT2D eigenvalue weighted by atomic mass is 79.9. The van der Waals surface area contributed by atoms with Crippen molar-refractivity contribution < 1.29 is 13.6 Å². The van der Waals surface area contributed by atoms with Gasteiger partial charge < -0.3 is 9.73 Å². The van der Waals surface area contributed by atoms with Crippen LogP contribution in [-0.4, -0.2) is 16.1 Å². The predicted octanol–water partition coefficient (Wildman–Crippen LogP) is 4.34. The topological polar surface area (TPSA) is 88.0 Å². The van der Waals surface area contributed by atoms with Gasteiger partial charge in [-0.15, -0.1) is 0 Å². The molecule has 134 valence electrons. The van der Waals surface area contributed by atoms with E-state index in [-0.39, 0.29) is 17.0 Å². The van der Waals surface area contributed by atoms with Crippen LogP contribution in [0.25, 0.3) is 22.0 Å². The number of amides is 1. The Labute approximate surface area is 160 Å². The monoisotopic (exact) mass is 427 g/mol. The first kappa shape index (κ1) is 17.2. The van der Waals surface area contributed by atoms with E-state index in [1.807, 2.05) is 0 Å². The highest BCUT2D eigenvalue weighted by Gasteiger charge is 2.17. The summed E-state index contributed by atoms with van der Waals surface area (Å²) in [6.07, 6.45) is 1.36. The van der Waals surface area contributed by atoms with E-state index in [0.717, 1.165) is 4.47 Å². The average molecular weight is 428 g/mol. The van der Waals surface area contributed by atoms with E-state index >= 15 is 0 Å². The number of nitrogens with one attached hydrogen (secondary N) is 2. The van der Waals surface area contributed by atoms with Gasteiger partial charge in [-0.3, -0.25) is 9.89 Å². The number of hydrogen-bond acceptors (Lipinski definition) is 4. The molecule has 0 fully saturated rings. The predicted molar refractivity (Wildman–Crippen MR) is 102 cm³/mol. The zero-order valence-corrected chi connectivity index (χ0v) is 15.2. The molecule has 2 heterocycles. The number of aromatic amines is 1. The van der Waals surface area contributed by atoms with Crippen molar-refractivity contribution in [1.29, 1.82) is 0 Å². The van der Waals surface area contributed by atoms with E-state index in [0.29, 0.717) is 16.5 Å². The number of hydrogen-bond donors (Lipinski definition) is 2. The second-order valence-corrected chi connectivity index (χ2v) is 6.64. The van der Waals surface area contributed by atoms with Crippen LogP contribution in [0.4, 0.5) is 10.1 Å². The number of nitrogens with zero attached hydrogens (tertiary/aromatic N) is 1. The largest absolute Gasteiger partial charge is 0.417 e. The number of halogens is 2. The summed E-state index contributed by atoms with van der Waals surface area (Å²) in [5.74, 6) is -1.27. The molecule has 0 aliphatic rings. The van der Waals surface area contributed by atoms with Crippen molar-refractivity contribution in [1.82, 2.24) is 10.2 Å². The van der Waals surface area contributed by atoms with E-state index in [2.05, 4.69) is 31.4 Å². The fraction of sp³-hybridized carbons (Fsp3) is 0. The molecule has 0 aliphatic carbocycles. The van der Waals surface area contributed by atoms with Crippen LogP contribution >= 0.6 is 15.9 Å². The molecule has 27 heavy (non-hydrogen) atoms. The Hall–Kier alpha value is -3.26. The van der Waals surface area contributed by atoms with Crippen molar-refractivity contribution >= 4 is 38.3 Å². The van der Waals surface area contributed by atoms with Gasteiger partial charge in [-0.05, 0) is 41.8 Å². The molecule has 1 amide bonds. The van der Waals surface area contributed by atoms with Gasteiger partial charge in [-0.25, -0.2) is 9.18 Å². The Bertz CT molecular complexity index is 1230. The summed E-state index contributed by atoms with van der Waals surface area (Å²) in [5, 5.41) is 10.0. The Kier molecular flexibility index (Phi) is 4.33. The standard InChI is InChI=1S/C19H11BrFN3O3/c20-11-5-6-12-10(7-11)8-16(27-19(12)26)18(25)23-15-9-22-24-17(15)13-3-1-2-4-14(13)21/h1-9H,(H,22,24)(H,23,25). The summed E-state index contributed by atoms with van der Waals surface area (Å²) < 4.78 is 19.9. The van der Waals surface area contributed by atoms with Crippen molar-refractivity contribution in [3.63, 3.8) is 0 Å². The maximum absolute atomic E-state index is 14.0. The zero-order valence-electron chi connectivity index (χ0n) is 13.6. The summed E-state index contributed by atoms with van der Waals surface area (Å²) in [5.41, 5.74) is 0.218. The molecule has 2 N–H and O–H groups in total. The fourth-order valence-corrected chi connectivity index (χ4v) is 3.09. The molecule has 8 heteroatoms. The lowest BCUT2D eigenvalue weighted by Crippen LogP contribution is -2.15. The number of carbonyl (C=O) groups excluding carboxylic acids is 1. The molecule has 0 saturated heterocycles. The van der Waals surface area contributed by atoms with Crippen LogP contribution in [0, 0.1) is 5.82 Å². The SMILES string of the molecule is O=C(Nc1cn[nH]c1-c1ccccc1F)c1cc2cc(Br)ccc2c(=O)o1. The maximum Gasteiger partial charge on any atom is 0.344 e. The summed E-state index contributed by atoms with van der Waals surface area (Å²) in [7, 11) is 0. The second kappa shape index (κ2) is 6.81. The molecule has 0 saturated carbocycles. The van der Waals surface area contributed by atoms with Crippen molar-refractivity contribution in [3.05, 3.63) is 81.2 Å². The van der Waals surface area contributed by atoms with Crippen molar-refractivity contribution in [2.75, 3.05) is 5.32 Å². The molecule has 0 spiro atoms. The molecule has 0 bridgehead atoms. The molecule has 2 aromatic carbocycles. The van der Waals surface area contributed by atoms with Gasteiger partial charge in [-0.1, -0.05) is 28.1 Å². The Morgan fingerprint density at radius 3 is 2.81 bits per heavy atom. The highest BCUT2D eigenvalue weighted by molar-refractivity contribution is 9.10. The van der Waals surface area contributed by atoms with E-state index in [1.54, 1.807) is 36.4 Å². The Balaban J connectivity index is 1.70. The van der Waals surface area contributed by atoms with Crippen molar-refractivity contribution in [3.8, 4) is 11.3 Å². The van der Waals surface area contributed by atoms with Gasteiger partial charge >= 0.3 is 5.63 Å². The molecule has 6 nitrogen and oxygen atoms in total. The van der Waals surface area contributed by atoms with E-state index in [4.69, 9.17) is 4.42 Å². The Morgan fingerprint density at radius 2 is 2.00 bits per heavy atom. The maximum atomic E-state index is 14.0. The minimum atomic E-state index is -0.645. The van der Waals surface area contributed by atoms with Crippen molar-refractivity contribution in [2.45, 2.75) is 0 Å². The quantitative estimate of drug-likeness (QED) is 0.508. The van der Waals surface area contributed by atoms with Crippen LogP contribution in [0.15, 0.2) is 68.4 Å². The average Bonchev–Trinajstić information content (AvgIpc) is 3.09. The lowest BCUT2D eigenvalue weighted by molar-refractivity contribution is 0.0993. The number of aromatic nitrogens is 2. The van der Waals surface area contributed by atoms with E-state index < -0.39 is 17.3 Å². The first-order valence-electron chi connectivity index (χ1n) is 7.86. The third-order valence-corrected chi connectivity index (χ3v) is 4.47. The molecule has 0 radical (unpaired) electrons. The van der Waals surface area contributed by atoms with Gasteiger partial charge in [0.25, 0.3) is 5.91 Å². The number of benzene rings is 2. The number of anilines is 1. The van der Waals surface area contributed by atoms with Crippen LogP contribution in [0.2, 0.25) is 0 Å². The summed E-state index contributed by atoms with van der Waals surface area (Å²) in [6, 6.07) is 12.6. The van der Waals surface area contributed by atoms with Crippen LogP contribution in [0.1, 0.15) is 10.6 Å². The van der Waals surface area contributed by atoms with E-state index in [1.165, 1.54) is 18.3 Å². The number of rotatable bonds is 3. The normalized spacial score (nSPS) is 10.9. The minimum absolute atomic E-state index is 0.161. The van der Waals surface area contributed by atoms with Crippen molar-refractivity contribution in [2.24, 2.45) is 0 Å². The Morgan fingerprint density at radius 1 is 1.19 bits per heavy atom. The van der Waals surface area contributed by atoms with Crippen LogP contribution in [-0.2, 0) is 0 Å². The molecule has 0 aliphatic heterocycles. The van der Waals surface area contributed by atoms with Gasteiger partial charge in [0.15, 0.2) is 5.76 Å². The summed E-state index contributed by atoms with van der Waals surface area (Å²) in [6.45, 7) is 0. The number of fused-ring (bicyclic) bond motifs is 1. The molecule has 0 unspecified atom stereocenters. The lowest BCUT2D eigenvalue weighted by atomic mass is 10.1. The smallest absolute Gasteiger partial charge is 0.344 e. The summed E-state index contributed by atoms with van der Waals surface area (Å²) in [4.78, 5) is 24.7. The fourth-order valence-electron chi connectivity index (χ4n) is 2.71. The lowest BCUT2D eigenvalue weighted by Gasteiger charge is -2.07. The molecule has 0 atom stereocenters. The molecule has 4 rings (SSSR count). The molecular weight excluding hydrogens is 417 g/mol. The second-order valence-electron chi connectivity index (χ2n) is 5.72. The number of H-pyrrole nitrogens is 1. The third kappa shape index (κ3) is 3.26. The van der Waals surface area contributed by atoms with Crippen LogP contribution in [0.3, 0.4) is 0 Å². The van der Waals surface area contributed by atoms with Gasteiger partial charge in [-0.2, -0.15) is 5.10 Å². The molecule has 4 aromatic rings. The number of carbonyl (C=O) groups is 1. The first-order valence-corrected chi connectivity index (χ1v) is 8.65. The van der Waals surface area contributed by atoms with Gasteiger partial charge in [0.2, 0.25) is 0 Å². The van der Waals surface area contributed by atoms with Gasteiger partial charge in [0.05, 0.1) is 23.0 Å². The highest BCUT2D eigenvalue weighted by Crippen LogP contribution is 2.28. The minimum Gasteiger partial charge on any atom is -0.417 e. The molecular formula is C19H11BrFN3O3. The van der Waals surface area contributed by atoms with E-state index in [9.17, 15) is 14.0 Å². The molecule has 2 aromatic heterocycles. The van der Waals surface area contributed by atoms with Gasteiger partial charge in [0.1, 0.15) is 5.82 Å². The first-order chi connectivity index (χ1) is 13.0. The van der Waals surface area contributed by atoms with Crippen LogP contribution < -0.4 is 10.9 Å². The van der Waals surface area contributed by atoms with Gasteiger partial charge in [0, 0.05) is 10.0 Å². The summed E-state index contributed by atoms with van der Waals surface area (Å²) >= 11 is 3.33. The zero-order chi connectivity index (χ0) is 19.0.